The number of piperazine rings is 1. The van der Waals surface area contributed by atoms with Crippen LogP contribution in [0.4, 0.5) is 10.5 Å². The minimum Gasteiger partial charge on any atom is -0.391 e. The molecule has 1 aromatic carbocycles. The van der Waals surface area contributed by atoms with Gasteiger partial charge in [-0.2, -0.15) is 0 Å². The Morgan fingerprint density at radius 3 is 2.28 bits per heavy atom. The standard InChI is InChI=1S/C30H36N6O3/c1-23-6-5-7-27(32-23)22-35-16-18-36(19-17-35)30(38)39-28-13-12-26(20-31-28)33-29(37)25-10-8-24(9-11-25)21-34-14-3-2-4-15-34/h5-13,20H,2-4,14-19,21-22H2,1H3,(H,33,37). The minimum absolute atomic E-state index is 0.200. The molecule has 1 N–H and O–H groups in total. The number of hydrogen-bond acceptors (Lipinski definition) is 7. The van der Waals surface area contributed by atoms with Crippen LogP contribution in [0.5, 0.6) is 5.88 Å². The molecule has 5 rings (SSSR count). The highest BCUT2D eigenvalue weighted by Crippen LogP contribution is 2.17. The Labute approximate surface area is 229 Å². The Hall–Kier alpha value is -3.82. The monoisotopic (exact) mass is 528 g/mol. The maximum Gasteiger partial charge on any atom is 0.416 e. The van der Waals surface area contributed by atoms with Gasteiger partial charge in [-0.1, -0.05) is 24.6 Å². The molecular formula is C30H36N6O3. The number of pyridine rings is 2. The number of rotatable bonds is 7. The Kier molecular flexibility index (Phi) is 8.80. The van der Waals surface area contributed by atoms with E-state index in [-0.39, 0.29) is 11.8 Å². The van der Waals surface area contributed by atoms with Crippen LogP contribution in [0, 0.1) is 6.92 Å². The second kappa shape index (κ2) is 12.8. The number of piperidine rings is 1. The van der Waals surface area contributed by atoms with E-state index in [0.717, 1.165) is 50.7 Å². The lowest BCUT2D eigenvalue weighted by atomic mass is 10.1. The molecule has 0 unspecified atom stereocenters. The molecule has 204 valence electrons. The average Bonchev–Trinajstić information content (AvgIpc) is 2.95. The van der Waals surface area contributed by atoms with E-state index in [1.54, 1.807) is 17.0 Å². The molecule has 2 aromatic heterocycles. The van der Waals surface area contributed by atoms with E-state index in [0.29, 0.717) is 24.3 Å². The van der Waals surface area contributed by atoms with E-state index in [4.69, 9.17) is 4.74 Å². The van der Waals surface area contributed by atoms with E-state index < -0.39 is 6.09 Å². The van der Waals surface area contributed by atoms with Crippen LogP contribution in [-0.2, 0) is 13.1 Å². The van der Waals surface area contributed by atoms with Gasteiger partial charge >= 0.3 is 6.09 Å². The Morgan fingerprint density at radius 2 is 1.59 bits per heavy atom. The fourth-order valence-electron chi connectivity index (χ4n) is 5.01. The second-order valence-corrected chi connectivity index (χ2v) is 10.3. The summed E-state index contributed by atoms with van der Waals surface area (Å²) < 4.78 is 5.47. The summed E-state index contributed by atoms with van der Waals surface area (Å²) in [4.78, 5) is 40.5. The fourth-order valence-corrected chi connectivity index (χ4v) is 5.01. The summed E-state index contributed by atoms with van der Waals surface area (Å²) in [6.45, 7) is 8.62. The topological polar surface area (TPSA) is 90.9 Å². The largest absolute Gasteiger partial charge is 0.416 e. The van der Waals surface area contributed by atoms with Gasteiger partial charge in [-0.3, -0.25) is 19.6 Å². The SMILES string of the molecule is Cc1cccc(CN2CCN(C(=O)Oc3ccc(NC(=O)c4ccc(CN5CCCCC5)cc4)cn3)CC2)n1. The molecule has 0 atom stereocenters. The van der Waals surface area contributed by atoms with Gasteiger partial charge in [-0.05, 0) is 68.8 Å². The molecule has 0 bridgehead atoms. The lowest BCUT2D eigenvalue weighted by molar-refractivity contribution is 0.102. The predicted molar refractivity (Wildman–Crippen MR) is 150 cm³/mol. The van der Waals surface area contributed by atoms with E-state index in [1.165, 1.54) is 31.0 Å². The van der Waals surface area contributed by atoms with Gasteiger partial charge in [0.15, 0.2) is 0 Å². The third-order valence-corrected chi connectivity index (χ3v) is 7.22. The fraction of sp³-hybridized carbons (Fsp3) is 0.400. The normalized spacial score (nSPS) is 16.6. The molecule has 0 radical (unpaired) electrons. The number of likely N-dealkylation sites (tertiary alicyclic amines) is 1. The number of nitrogens with zero attached hydrogens (tertiary/aromatic N) is 5. The molecule has 2 amide bonds. The maximum absolute atomic E-state index is 12.7. The average molecular weight is 529 g/mol. The molecule has 0 spiro atoms. The molecule has 2 fully saturated rings. The van der Waals surface area contributed by atoms with Crippen molar-refractivity contribution in [2.24, 2.45) is 0 Å². The van der Waals surface area contributed by atoms with Gasteiger partial charge in [0, 0.05) is 56.6 Å². The number of carbonyl (C=O) groups excluding carboxylic acids is 2. The van der Waals surface area contributed by atoms with E-state index in [2.05, 4.69) is 25.1 Å². The molecule has 39 heavy (non-hydrogen) atoms. The molecule has 0 saturated carbocycles. The zero-order valence-corrected chi connectivity index (χ0v) is 22.5. The number of nitrogens with one attached hydrogen (secondary N) is 1. The minimum atomic E-state index is -0.419. The summed E-state index contributed by atoms with van der Waals surface area (Å²) in [5.41, 5.74) is 4.38. The quantitative estimate of drug-likeness (QED) is 0.488. The van der Waals surface area contributed by atoms with Gasteiger partial charge in [-0.25, -0.2) is 9.78 Å². The molecule has 3 aromatic rings. The third kappa shape index (κ3) is 7.61. The number of carbonyl (C=O) groups is 2. The molecule has 2 aliphatic rings. The van der Waals surface area contributed by atoms with Gasteiger partial charge in [-0.15, -0.1) is 0 Å². The Morgan fingerprint density at radius 1 is 0.846 bits per heavy atom. The number of amides is 2. The maximum atomic E-state index is 12.7. The molecule has 9 nitrogen and oxygen atoms in total. The highest BCUT2D eigenvalue weighted by Gasteiger charge is 2.23. The van der Waals surface area contributed by atoms with Crippen molar-refractivity contribution in [1.82, 2.24) is 24.7 Å². The molecular weight excluding hydrogens is 492 g/mol. The molecule has 2 aliphatic heterocycles. The molecule has 2 saturated heterocycles. The van der Waals surface area contributed by atoms with Crippen LogP contribution in [0.1, 0.15) is 46.6 Å². The van der Waals surface area contributed by atoms with E-state index in [1.807, 2.05) is 49.4 Å². The summed E-state index contributed by atoms with van der Waals surface area (Å²) in [5, 5.41) is 2.86. The molecule has 9 heteroatoms. The van der Waals surface area contributed by atoms with Crippen LogP contribution < -0.4 is 10.1 Å². The molecule has 4 heterocycles. The van der Waals surface area contributed by atoms with Gasteiger partial charge in [0.05, 0.1) is 17.6 Å². The van der Waals surface area contributed by atoms with E-state index >= 15 is 0 Å². The first kappa shape index (κ1) is 26.8. The van der Waals surface area contributed by atoms with E-state index in [9.17, 15) is 9.59 Å². The zero-order valence-electron chi connectivity index (χ0n) is 22.5. The van der Waals surface area contributed by atoms with Crippen LogP contribution in [0.15, 0.2) is 60.8 Å². The number of aryl methyl sites for hydroxylation is 1. The zero-order chi connectivity index (χ0) is 27.0. The van der Waals surface area contributed by atoms with Crippen molar-refractivity contribution in [1.29, 1.82) is 0 Å². The van der Waals surface area contributed by atoms with Crippen LogP contribution in [-0.4, -0.2) is 75.9 Å². The van der Waals surface area contributed by atoms with Crippen LogP contribution in [0.25, 0.3) is 0 Å². The summed E-state index contributed by atoms with van der Waals surface area (Å²) in [6, 6.07) is 17.1. The van der Waals surface area contributed by atoms with Crippen molar-refractivity contribution < 1.29 is 14.3 Å². The number of ether oxygens (including phenoxy) is 1. The number of aromatic nitrogens is 2. The lowest BCUT2D eigenvalue weighted by Crippen LogP contribution is -2.49. The van der Waals surface area contributed by atoms with Crippen LogP contribution in [0.2, 0.25) is 0 Å². The number of anilines is 1. The van der Waals surface area contributed by atoms with Gasteiger partial charge in [0.1, 0.15) is 0 Å². The third-order valence-electron chi connectivity index (χ3n) is 7.22. The summed E-state index contributed by atoms with van der Waals surface area (Å²) >= 11 is 0. The van der Waals surface area contributed by atoms with Crippen molar-refractivity contribution in [3.63, 3.8) is 0 Å². The smallest absolute Gasteiger partial charge is 0.391 e. The van der Waals surface area contributed by atoms with Crippen molar-refractivity contribution in [2.45, 2.75) is 39.3 Å². The first-order valence-electron chi connectivity index (χ1n) is 13.7. The molecule has 0 aliphatic carbocycles. The van der Waals surface area contributed by atoms with Crippen LogP contribution in [0.3, 0.4) is 0 Å². The first-order chi connectivity index (χ1) is 19.0. The summed E-state index contributed by atoms with van der Waals surface area (Å²) in [6.07, 6.45) is 4.92. The van der Waals surface area contributed by atoms with Gasteiger partial charge in [0.2, 0.25) is 5.88 Å². The van der Waals surface area contributed by atoms with Crippen molar-refractivity contribution in [3.05, 3.63) is 83.3 Å². The Bertz CT molecular complexity index is 1250. The lowest BCUT2D eigenvalue weighted by Gasteiger charge is -2.33. The highest BCUT2D eigenvalue weighted by atomic mass is 16.6. The van der Waals surface area contributed by atoms with Crippen molar-refractivity contribution >= 4 is 17.7 Å². The number of hydrogen-bond donors (Lipinski definition) is 1. The predicted octanol–water partition coefficient (Wildman–Crippen LogP) is 4.34. The highest BCUT2D eigenvalue weighted by molar-refractivity contribution is 6.04. The van der Waals surface area contributed by atoms with Crippen molar-refractivity contribution in [2.75, 3.05) is 44.6 Å². The second-order valence-electron chi connectivity index (χ2n) is 10.3. The Balaban J connectivity index is 1.06. The van der Waals surface area contributed by atoms with Crippen LogP contribution >= 0.6 is 0 Å². The van der Waals surface area contributed by atoms with Gasteiger partial charge < -0.3 is 15.0 Å². The summed E-state index contributed by atoms with van der Waals surface area (Å²) in [5.74, 6) is -0.00347. The summed E-state index contributed by atoms with van der Waals surface area (Å²) in [7, 11) is 0. The number of benzene rings is 1. The van der Waals surface area contributed by atoms with Crippen molar-refractivity contribution in [3.8, 4) is 5.88 Å². The van der Waals surface area contributed by atoms with Gasteiger partial charge in [0.25, 0.3) is 5.91 Å². The first-order valence-corrected chi connectivity index (χ1v) is 13.7.